The van der Waals surface area contributed by atoms with E-state index in [-0.39, 0.29) is 16.3 Å². The minimum atomic E-state index is -4.92. The van der Waals surface area contributed by atoms with Crippen molar-refractivity contribution < 1.29 is 31.1 Å². The van der Waals surface area contributed by atoms with Crippen LogP contribution in [0.5, 0.6) is 11.5 Å². The second-order valence-corrected chi connectivity index (χ2v) is 9.26. The third-order valence-electron chi connectivity index (χ3n) is 5.11. The minimum absolute atomic E-state index is 0.00212. The molecule has 35 heavy (non-hydrogen) atoms. The molecule has 0 atom stereocenters. The van der Waals surface area contributed by atoms with Crippen LogP contribution in [0, 0.1) is 0 Å². The average molecular weight is 507 g/mol. The van der Waals surface area contributed by atoms with E-state index >= 15 is 0 Å². The number of benzene rings is 2. The second-order valence-electron chi connectivity index (χ2n) is 7.44. The van der Waals surface area contributed by atoms with Gasteiger partial charge in [-0.15, -0.1) is 13.2 Å². The van der Waals surface area contributed by atoms with Gasteiger partial charge < -0.3 is 20.1 Å². The Balaban J connectivity index is 1.81. The summed E-state index contributed by atoms with van der Waals surface area (Å²) in [6.45, 7) is 0.404. The second kappa shape index (κ2) is 9.47. The number of hydrogen-bond acceptors (Lipinski definition) is 7. The summed E-state index contributed by atoms with van der Waals surface area (Å²) in [4.78, 5) is 3.89. The maximum absolute atomic E-state index is 13.3. The minimum Gasteiger partial charge on any atom is -0.497 e. The van der Waals surface area contributed by atoms with Crippen LogP contribution in [-0.4, -0.2) is 37.9 Å². The first-order valence-corrected chi connectivity index (χ1v) is 11.7. The molecule has 0 aliphatic carbocycles. The molecule has 0 amide bonds. The highest BCUT2D eigenvalue weighted by Gasteiger charge is 2.32. The van der Waals surface area contributed by atoms with Gasteiger partial charge in [0.2, 0.25) is 0 Å². The Morgan fingerprint density at radius 2 is 1.91 bits per heavy atom. The lowest BCUT2D eigenvalue weighted by molar-refractivity contribution is -0.274. The molecule has 0 unspecified atom stereocenters. The molecule has 0 fully saturated rings. The van der Waals surface area contributed by atoms with E-state index in [1.807, 2.05) is 0 Å². The van der Waals surface area contributed by atoms with Crippen LogP contribution in [0.15, 0.2) is 72.0 Å². The smallest absolute Gasteiger partial charge is 0.497 e. The van der Waals surface area contributed by atoms with Crippen molar-refractivity contribution in [3.05, 3.63) is 72.7 Å². The number of rotatable bonds is 8. The van der Waals surface area contributed by atoms with Crippen molar-refractivity contribution in [1.82, 2.24) is 14.3 Å². The van der Waals surface area contributed by atoms with Crippen LogP contribution in [0.4, 0.5) is 24.5 Å². The Bertz CT molecular complexity index is 1460. The monoisotopic (exact) mass is 506 g/mol. The molecule has 8 nitrogen and oxygen atoms in total. The van der Waals surface area contributed by atoms with Crippen LogP contribution in [-0.2, 0) is 16.6 Å². The van der Waals surface area contributed by atoms with Crippen LogP contribution in [0.3, 0.4) is 0 Å². The maximum Gasteiger partial charge on any atom is 0.573 e. The standard InChI is InChI=1S/C23H21F3N4O4S/c1-27-12-15-14-30(35(31,32)18-4-3-9-28-13-18)21-10-16(5-7-19(15)21)29-20-8-6-17(33-2)11-22(20)34-23(24,25)26/h3-11,13-14,27,29H,12H2,1-2H3. The first-order valence-electron chi connectivity index (χ1n) is 10.3. The van der Waals surface area contributed by atoms with Crippen LogP contribution in [0.2, 0.25) is 0 Å². The van der Waals surface area contributed by atoms with E-state index in [9.17, 15) is 21.6 Å². The van der Waals surface area contributed by atoms with Gasteiger partial charge in [-0.1, -0.05) is 6.07 Å². The van der Waals surface area contributed by atoms with Crippen molar-refractivity contribution >= 4 is 32.3 Å². The highest BCUT2D eigenvalue weighted by molar-refractivity contribution is 7.90. The molecule has 0 saturated heterocycles. The van der Waals surface area contributed by atoms with Gasteiger partial charge in [0.1, 0.15) is 10.6 Å². The zero-order chi connectivity index (χ0) is 25.2. The topological polar surface area (TPSA) is 94.5 Å². The first-order chi connectivity index (χ1) is 16.6. The van der Waals surface area contributed by atoms with Gasteiger partial charge in [-0.3, -0.25) is 4.98 Å². The van der Waals surface area contributed by atoms with Crippen molar-refractivity contribution in [2.75, 3.05) is 19.5 Å². The number of fused-ring (bicyclic) bond motifs is 1. The zero-order valence-corrected chi connectivity index (χ0v) is 19.4. The number of halogens is 3. The molecule has 0 spiro atoms. The molecule has 184 valence electrons. The van der Waals surface area contributed by atoms with E-state index in [4.69, 9.17) is 4.74 Å². The fourth-order valence-electron chi connectivity index (χ4n) is 3.58. The van der Waals surface area contributed by atoms with E-state index in [2.05, 4.69) is 20.4 Å². The summed E-state index contributed by atoms with van der Waals surface area (Å²) < 4.78 is 75.8. The number of nitrogens with zero attached hydrogens (tertiary/aromatic N) is 2. The molecule has 0 radical (unpaired) electrons. The summed E-state index contributed by atoms with van der Waals surface area (Å²) in [7, 11) is -0.922. The Hall–Kier alpha value is -3.77. The maximum atomic E-state index is 13.3. The van der Waals surface area contributed by atoms with Gasteiger partial charge in [0.15, 0.2) is 5.75 Å². The fraction of sp³-hybridized carbons (Fsp3) is 0.174. The van der Waals surface area contributed by atoms with E-state index in [0.717, 1.165) is 15.6 Å². The molecular formula is C23H21F3N4O4S. The van der Waals surface area contributed by atoms with Gasteiger partial charge >= 0.3 is 6.36 Å². The van der Waals surface area contributed by atoms with Crippen LogP contribution in [0.1, 0.15) is 5.56 Å². The highest BCUT2D eigenvalue weighted by atomic mass is 32.2. The SMILES string of the molecule is CNCc1cn(S(=O)(=O)c2cccnc2)c2cc(Nc3ccc(OC)cc3OC(F)(F)F)ccc12. The van der Waals surface area contributed by atoms with Crippen LogP contribution < -0.4 is 20.1 Å². The summed E-state index contributed by atoms with van der Waals surface area (Å²) in [5.74, 6) is -0.315. The predicted octanol–water partition coefficient (Wildman–Crippen LogP) is 4.64. The van der Waals surface area contributed by atoms with Crippen molar-refractivity contribution in [2.45, 2.75) is 17.8 Å². The lowest BCUT2D eigenvalue weighted by atomic mass is 10.1. The lowest BCUT2D eigenvalue weighted by Crippen LogP contribution is -2.18. The quantitative estimate of drug-likeness (QED) is 0.360. The molecule has 4 aromatic rings. The number of nitrogens with one attached hydrogen (secondary N) is 2. The Morgan fingerprint density at radius 3 is 2.57 bits per heavy atom. The molecule has 0 aliphatic heterocycles. The number of ether oxygens (including phenoxy) is 2. The Kier molecular flexibility index (Phi) is 6.59. The molecule has 4 rings (SSSR count). The van der Waals surface area contributed by atoms with E-state index in [1.165, 1.54) is 50.0 Å². The normalized spacial score (nSPS) is 12.0. The highest BCUT2D eigenvalue weighted by Crippen LogP contribution is 2.36. The lowest BCUT2D eigenvalue weighted by Gasteiger charge is -2.16. The molecule has 0 saturated carbocycles. The summed E-state index contributed by atoms with van der Waals surface area (Å²) in [5, 5.41) is 6.55. The van der Waals surface area contributed by atoms with Crippen LogP contribution in [0.25, 0.3) is 10.9 Å². The fourth-order valence-corrected chi connectivity index (χ4v) is 4.93. The Morgan fingerprint density at radius 1 is 1.11 bits per heavy atom. The molecule has 2 heterocycles. The van der Waals surface area contributed by atoms with E-state index < -0.39 is 22.1 Å². The molecular weight excluding hydrogens is 485 g/mol. The summed E-state index contributed by atoms with van der Waals surface area (Å²) in [6.07, 6.45) is -0.685. The van der Waals surface area contributed by atoms with Crippen molar-refractivity contribution in [1.29, 1.82) is 0 Å². The van der Waals surface area contributed by atoms with Gasteiger partial charge in [-0.25, -0.2) is 12.4 Å². The van der Waals surface area contributed by atoms with Crippen molar-refractivity contribution in [3.63, 3.8) is 0 Å². The predicted molar refractivity (Wildman–Crippen MR) is 124 cm³/mol. The van der Waals surface area contributed by atoms with Crippen molar-refractivity contribution in [3.8, 4) is 11.5 Å². The van der Waals surface area contributed by atoms with Crippen LogP contribution >= 0.6 is 0 Å². The molecule has 0 bridgehead atoms. The Labute approximate surface area is 199 Å². The summed E-state index contributed by atoms with van der Waals surface area (Å²) in [5.41, 5.74) is 1.44. The zero-order valence-electron chi connectivity index (χ0n) is 18.6. The third kappa shape index (κ3) is 5.17. The molecule has 2 aromatic heterocycles. The number of anilines is 2. The van der Waals surface area contributed by atoms with Gasteiger partial charge in [0.25, 0.3) is 10.0 Å². The van der Waals surface area contributed by atoms with Gasteiger partial charge in [0.05, 0.1) is 18.3 Å². The first kappa shape index (κ1) is 24.4. The van der Waals surface area contributed by atoms with Gasteiger partial charge in [-0.05, 0) is 49.0 Å². The summed E-state index contributed by atoms with van der Waals surface area (Å²) >= 11 is 0. The number of hydrogen-bond donors (Lipinski definition) is 2. The van der Waals surface area contributed by atoms with Crippen molar-refractivity contribution in [2.24, 2.45) is 0 Å². The number of methoxy groups -OCH3 is 1. The van der Waals surface area contributed by atoms with Gasteiger partial charge in [-0.2, -0.15) is 0 Å². The third-order valence-corrected chi connectivity index (χ3v) is 6.76. The molecule has 12 heteroatoms. The molecule has 2 N–H and O–H groups in total. The number of pyridine rings is 1. The molecule has 2 aromatic carbocycles. The van der Waals surface area contributed by atoms with E-state index in [0.29, 0.717) is 23.1 Å². The van der Waals surface area contributed by atoms with E-state index in [1.54, 1.807) is 25.2 Å². The largest absolute Gasteiger partial charge is 0.573 e. The average Bonchev–Trinajstić information content (AvgIpc) is 3.18. The summed E-state index contributed by atoms with van der Waals surface area (Å²) in [6, 6.07) is 11.8. The molecule has 0 aliphatic rings. The number of aromatic nitrogens is 2. The van der Waals surface area contributed by atoms with Gasteiger partial charge in [0, 0.05) is 42.3 Å². The number of alkyl halides is 3.